The molecule has 0 bridgehead atoms. The highest BCUT2D eigenvalue weighted by molar-refractivity contribution is 5.95. The Bertz CT molecular complexity index is 559. The van der Waals surface area contributed by atoms with E-state index in [1.165, 1.54) is 6.07 Å². The minimum absolute atomic E-state index is 0.139. The van der Waals surface area contributed by atoms with Crippen LogP contribution in [0.25, 0.3) is 0 Å². The number of benzene rings is 1. The average molecular weight is 232 g/mol. The fourth-order valence-corrected chi connectivity index (χ4v) is 1.66. The van der Waals surface area contributed by atoms with Crippen molar-refractivity contribution in [3.05, 3.63) is 53.4 Å². The van der Waals surface area contributed by atoms with Gasteiger partial charge in [0, 0.05) is 18.0 Å². The molecule has 5 heteroatoms. The van der Waals surface area contributed by atoms with E-state index in [1.807, 2.05) is 11.5 Å². The lowest BCUT2D eigenvalue weighted by molar-refractivity contribution is 0.594. The van der Waals surface area contributed by atoms with Gasteiger partial charge in [0.25, 0.3) is 0 Å². The first-order valence-corrected chi connectivity index (χ1v) is 5.19. The van der Waals surface area contributed by atoms with Gasteiger partial charge in [0.1, 0.15) is 17.5 Å². The summed E-state index contributed by atoms with van der Waals surface area (Å²) < 4.78 is 15.8. The highest BCUT2D eigenvalue weighted by atomic mass is 19.1. The van der Waals surface area contributed by atoms with Crippen molar-refractivity contribution in [2.24, 2.45) is 5.73 Å². The summed E-state index contributed by atoms with van der Waals surface area (Å²) in [4.78, 5) is 4.07. The van der Waals surface area contributed by atoms with Crippen LogP contribution in [0.1, 0.15) is 17.0 Å². The molecule has 0 unspecified atom stereocenters. The molecule has 17 heavy (non-hydrogen) atoms. The van der Waals surface area contributed by atoms with E-state index in [-0.39, 0.29) is 11.4 Å². The summed E-state index contributed by atoms with van der Waals surface area (Å²) in [7, 11) is 0. The second kappa shape index (κ2) is 4.37. The SMILES string of the molecule is Cc1nccn1Cc1cccc(C(=N)N)c1F. The van der Waals surface area contributed by atoms with E-state index in [2.05, 4.69) is 4.98 Å². The van der Waals surface area contributed by atoms with E-state index in [0.29, 0.717) is 12.1 Å². The fraction of sp³-hybridized carbons (Fsp3) is 0.167. The van der Waals surface area contributed by atoms with Gasteiger partial charge in [-0.2, -0.15) is 0 Å². The molecule has 0 radical (unpaired) electrons. The molecule has 0 saturated heterocycles. The third kappa shape index (κ3) is 2.18. The predicted octanol–water partition coefficient (Wildman–Crippen LogP) is 1.66. The van der Waals surface area contributed by atoms with E-state index >= 15 is 0 Å². The van der Waals surface area contributed by atoms with Crippen LogP contribution < -0.4 is 5.73 Å². The predicted molar refractivity (Wildman–Crippen MR) is 63.5 cm³/mol. The third-order valence-corrected chi connectivity index (χ3v) is 2.63. The van der Waals surface area contributed by atoms with Gasteiger partial charge in [-0.1, -0.05) is 12.1 Å². The van der Waals surface area contributed by atoms with Crippen LogP contribution >= 0.6 is 0 Å². The van der Waals surface area contributed by atoms with Crippen LogP contribution in [0.2, 0.25) is 0 Å². The number of nitrogens with one attached hydrogen (secondary N) is 1. The lowest BCUT2D eigenvalue weighted by Crippen LogP contribution is -2.15. The molecule has 0 aliphatic carbocycles. The van der Waals surface area contributed by atoms with Gasteiger partial charge in [0.15, 0.2) is 0 Å². The van der Waals surface area contributed by atoms with Gasteiger partial charge in [0.2, 0.25) is 0 Å². The summed E-state index contributed by atoms with van der Waals surface area (Å²) in [6.45, 7) is 2.24. The van der Waals surface area contributed by atoms with Gasteiger partial charge in [-0.05, 0) is 13.0 Å². The standard InChI is InChI=1S/C12H13FN4/c1-8-16-5-6-17(8)7-9-3-2-4-10(11(9)13)12(14)15/h2-6H,7H2,1H3,(H3,14,15). The number of amidine groups is 1. The molecule has 2 rings (SSSR count). The molecular weight excluding hydrogens is 219 g/mol. The maximum Gasteiger partial charge on any atom is 0.139 e. The molecule has 0 fully saturated rings. The summed E-state index contributed by atoms with van der Waals surface area (Å²) in [6.07, 6.45) is 3.46. The molecule has 0 amide bonds. The number of imidazole rings is 1. The molecule has 0 spiro atoms. The Morgan fingerprint density at radius 1 is 1.53 bits per heavy atom. The van der Waals surface area contributed by atoms with Crippen molar-refractivity contribution in [1.82, 2.24) is 9.55 Å². The maximum absolute atomic E-state index is 14.0. The van der Waals surface area contributed by atoms with E-state index in [1.54, 1.807) is 24.5 Å². The Morgan fingerprint density at radius 2 is 2.29 bits per heavy atom. The van der Waals surface area contributed by atoms with E-state index in [0.717, 1.165) is 5.82 Å². The van der Waals surface area contributed by atoms with Crippen LogP contribution in [0.5, 0.6) is 0 Å². The van der Waals surface area contributed by atoms with Gasteiger partial charge < -0.3 is 10.3 Å². The fourth-order valence-electron chi connectivity index (χ4n) is 1.66. The van der Waals surface area contributed by atoms with Crippen LogP contribution in [-0.4, -0.2) is 15.4 Å². The van der Waals surface area contributed by atoms with Crippen molar-refractivity contribution < 1.29 is 4.39 Å². The monoisotopic (exact) mass is 232 g/mol. The Balaban J connectivity index is 2.37. The molecular formula is C12H13FN4. The van der Waals surface area contributed by atoms with E-state index < -0.39 is 5.82 Å². The molecule has 0 saturated carbocycles. The van der Waals surface area contributed by atoms with Gasteiger partial charge >= 0.3 is 0 Å². The number of nitrogen functional groups attached to an aromatic ring is 1. The molecule has 88 valence electrons. The zero-order valence-corrected chi connectivity index (χ0v) is 9.44. The second-order valence-corrected chi connectivity index (χ2v) is 3.79. The van der Waals surface area contributed by atoms with Crippen molar-refractivity contribution in [3.8, 4) is 0 Å². The minimum atomic E-state index is -0.437. The first-order valence-electron chi connectivity index (χ1n) is 5.19. The largest absolute Gasteiger partial charge is 0.384 e. The zero-order chi connectivity index (χ0) is 12.4. The molecule has 1 aromatic carbocycles. The number of aromatic nitrogens is 2. The van der Waals surface area contributed by atoms with Crippen molar-refractivity contribution in [3.63, 3.8) is 0 Å². The summed E-state index contributed by atoms with van der Waals surface area (Å²) in [5.41, 5.74) is 5.95. The van der Waals surface area contributed by atoms with Gasteiger partial charge in [-0.3, -0.25) is 5.41 Å². The third-order valence-electron chi connectivity index (χ3n) is 2.63. The van der Waals surface area contributed by atoms with Crippen molar-refractivity contribution in [2.75, 3.05) is 0 Å². The molecule has 1 heterocycles. The average Bonchev–Trinajstić information content (AvgIpc) is 2.67. The molecule has 0 aliphatic heterocycles. The number of nitrogens with two attached hydrogens (primary N) is 1. The summed E-state index contributed by atoms with van der Waals surface area (Å²) >= 11 is 0. The Kier molecular flexibility index (Phi) is 2.91. The highest BCUT2D eigenvalue weighted by Crippen LogP contribution is 2.14. The smallest absolute Gasteiger partial charge is 0.139 e. The Hall–Kier alpha value is -2.17. The number of halogens is 1. The highest BCUT2D eigenvalue weighted by Gasteiger charge is 2.10. The maximum atomic E-state index is 14.0. The first-order chi connectivity index (χ1) is 8.09. The van der Waals surface area contributed by atoms with Gasteiger partial charge in [-0.15, -0.1) is 0 Å². The summed E-state index contributed by atoms with van der Waals surface area (Å²) in [5.74, 6) is 0.123. The van der Waals surface area contributed by atoms with Crippen LogP contribution in [0.15, 0.2) is 30.6 Å². The van der Waals surface area contributed by atoms with Crippen molar-refractivity contribution >= 4 is 5.84 Å². The number of aryl methyl sites for hydroxylation is 1. The van der Waals surface area contributed by atoms with Crippen LogP contribution in [0.3, 0.4) is 0 Å². The zero-order valence-electron chi connectivity index (χ0n) is 9.44. The molecule has 3 N–H and O–H groups in total. The Morgan fingerprint density at radius 3 is 2.88 bits per heavy atom. The lowest BCUT2D eigenvalue weighted by Gasteiger charge is -2.09. The molecule has 4 nitrogen and oxygen atoms in total. The first kappa shape index (κ1) is 11.3. The number of rotatable bonds is 3. The van der Waals surface area contributed by atoms with Crippen LogP contribution in [0, 0.1) is 18.2 Å². The van der Waals surface area contributed by atoms with Crippen molar-refractivity contribution in [2.45, 2.75) is 13.5 Å². The van der Waals surface area contributed by atoms with Gasteiger partial charge in [-0.25, -0.2) is 9.37 Å². The second-order valence-electron chi connectivity index (χ2n) is 3.79. The number of hydrogen-bond donors (Lipinski definition) is 2. The number of nitrogens with zero attached hydrogens (tertiary/aromatic N) is 2. The summed E-state index contributed by atoms with van der Waals surface area (Å²) in [5, 5.41) is 7.28. The van der Waals surface area contributed by atoms with E-state index in [9.17, 15) is 4.39 Å². The molecule has 0 atom stereocenters. The Labute approximate surface area is 98.4 Å². The molecule has 1 aromatic heterocycles. The number of hydrogen-bond acceptors (Lipinski definition) is 2. The van der Waals surface area contributed by atoms with Gasteiger partial charge in [0.05, 0.1) is 12.1 Å². The quantitative estimate of drug-likeness (QED) is 0.624. The normalized spacial score (nSPS) is 10.5. The lowest BCUT2D eigenvalue weighted by atomic mass is 10.1. The topological polar surface area (TPSA) is 67.7 Å². The summed E-state index contributed by atoms with van der Waals surface area (Å²) in [6, 6.07) is 4.88. The van der Waals surface area contributed by atoms with E-state index in [4.69, 9.17) is 11.1 Å². The molecule has 2 aromatic rings. The van der Waals surface area contributed by atoms with Crippen molar-refractivity contribution in [1.29, 1.82) is 5.41 Å². The van der Waals surface area contributed by atoms with Crippen LogP contribution in [0.4, 0.5) is 4.39 Å². The minimum Gasteiger partial charge on any atom is -0.384 e. The molecule has 0 aliphatic rings. The van der Waals surface area contributed by atoms with Crippen LogP contribution in [-0.2, 0) is 6.54 Å².